The normalized spacial score (nSPS) is 21.3. The molecule has 0 amide bonds. The zero-order valence-electron chi connectivity index (χ0n) is 10.2. The van der Waals surface area contributed by atoms with E-state index in [4.69, 9.17) is 5.11 Å². The molecular formula is C14H13FN2O2. The molecule has 1 aromatic heterocycles. The minimum Gasteiger partial charge on any atom is -0.481 e. The average Bonchev–Trinajstić information content (AvgIpc) is 3.00. The van der Waals surface area contributed by atoms with Crippen LogP contribution in [0, 0.1) is 11.7 Å². The van der Waals surface area contributed by atoms with Crippen molar-refractivity contribution in [2.75, 3.05) is 0 Å². The van der Waals surface area contributed by atoms with Gasteiger partial charge in [0, 0.05) is 24.9 Å². The number of halogens is 1. The smallest absolute Gasteiger partial charge is 0.307 e. The molecule has 3 rings (SSSR count). The molecule has 5 heteroatoms. The Hall–Kier alpha value is -2.17. The number of imidazole rings is 1. The Morgan fingerprint density at radius 1 is 1.53 bits per heavy atom. The number of carbonyl (C=O) groups is 1. The predicted molar refractivity (Wildman–Crippen MR) is 66.2 cm³/mol. The van der Waals surface area contributed by atoms with Gasteiger partial charge in [0.2, 0.25) is 0 Å². The van der Waals surface area contributed by atoms with Crippen LogP contribution < -0.4 is 0 Å². The summed E-state index contributed by atoms with van der Waals surface area (Å²) in [6.45, 7) is 0.560. The first-order valence-electron chi connectivity index (χ1n) is 6.12. The van der Waals surface area contributed by atoms with Gasteiger partial charge in [-0.25, -0.2) is 9.37 Å². The van der Waals surface area contributed by atoms with E-state index in [-0.39, 0.29) is 11.7 Å². The molecule has 98 valence electrons. The van der Waals surface area contributed by atoms with E-state index < -0.39 is 11.9 Å². The summed E-state index contributed by atoms with van der Waals surface area (Å²) < 4.78 is 15.8. The van der Waals surface area contributed by atoms with Crippen molar-refractivity contribution in [2.24, 2.45) is 5.92 Å². The number of aromatic nitrogens is 2. The van der Waals surface area contributed by atoms with Gasteiger partial charge in [0.1, 0.15) is 5.82 Å². The number of carboxylic acids is 1. The van der Waals surface area contributed by atoms with Gasteiger partial charge in [-0.3, -0.25) is 4.79 Å². The van der Waals surface area contributed by atoms with Gasteiger partial charge in [-0.05, 0) is 23.6 Å². The standard InChI is InChI=1S/C14H13FN2O2/c15-13-5-9(7-17-4-3-16-8-17)1-2-10(13)11-6-12(11)14(18)19/h1-5,8,11-12H,6-7H2,(H,18,19). The number of carboxylic acid groups (broad SMARTS) is 1. The molecular weight excluding hydrogens is 247 g/mol. The van der Waals surface area contributed by atoms with Crippen molar-refractivity contribution in [1.29, 1.82) is 0 Å². The van der Waals surface area contributed by atoms with E-state index >= 15 is 0 Å². The van der Waals surface area contributed by atoms with E-state index in [1.165, 1.54) is 6.07 Å². The molecule has 1 aliphatic rings. The van der Waals surface area contributed by atoms with Crippen LogP contribution in [0.3, 0.4) is 0 Å². The lowest BCUT2D eigenvalue weighted by Gasteiger charge is -2.06. The second-order valence-corrected chi connectivity index (χ2v) is 4.88. The lowest BCUT2D eigenvalue weighted by molar-refractivity contribution is -0.138. The summed E-state index contributed by atoms with van der Waals surface area (Å²) >= 11 is 0. The fourth-order valence-corrected chi connectivity index (χ4v) is 2.37. The summed E-state index contributed by atoms with van der Waals surface area (Å²) in [6.07, 6.45) is 5.69. The molecule has 0 spiro atoms. The molecule has 1 aromatic carbocycles. The molecule has 1 N–H and O–H groups in total. The first-order chi connectivity index (χ1) is 9.15. The zero-order valence-corrected chi connectivity index (χ0v) is 10.2. The number of hydrogen-bond acceptors (Lipinski definition) is 2. The lowest BCUT2D eigenvalue weighted by Crippen LogP contribution is -2.01. The van der Waals surface area contributed by atoms with E-state index in [2.05, 4.69) is 4.98 Å². The summed E-state index contributed by atoms with van der Waals surface area (Å²) in [4.78, 5) is 14.7. The molecule has 4 nitrogen and oxygen atoms in total. The maximum Gasteiger partial charge on any atom is 0.307 e. The molecule has 0 radical (unpaired) electrons. The van der Waals surface area contributed by atoms with Crippen molar-refractivity contribution in [2.45, 2.75) is 18.9 Å². The highest BCUT2D eigenvalue weighted by Gasteiger charge is 2.45. The van der Waals surface area contributed by atoms with Crippen molar-refractivity contribution >= 4 is 5.97 Å². The molecule has 1 saturated carbocycles. The van der Waals surface area contributed by atoms with Gasteiger partial charge in [0.15, 0.2) is 0 Å². The highest BCUT2D eigenvalue weighted by atomic mass is 19.1. The van der Waals surface area contributed by atoms with Crippen molar-refractivity contribution in [3.05, 3.63) is 53.9 Å². The van der Waals surface area contributed by atoms with E-state index in [1.807, 2.05) is 16.8 Å². The van der Waals surface area contributed by atoms with E-state index in [0.29, 0.717) is 18.5 Å². The van der Waals surface area contributed by atoms with E-state index in [0.717, 1.165) is 5.56 Å². The Labute approximate surface area is 109 Å². The molecule has 0 bridgehead atoms. The second kappa shape index (κ2) is 4.50. The zero-order chi connectivity index (χ0) is 13.4. The first-order valence-corrected chi connectivity index (χ1v) is 6.12. The van der Waals surface area contributed by atoms with Crippen LogP contribution >= 0.6 is 0 Å². The Morgan fingerprint density at radius 2 is 2.37 bits per heavy atom. The third-order valence-corrected chi connectivity index (χ3v) is 3.50. The van der Waals surface area contributed by atoms with Crippen molar-refractivity contribution in [3.63, 3.8) is 0 Å². The largest absolute Gasteiger partial charge is 0.481 e. The number of nitrogens with zero attached hydrogens (tertiary/aromatic N) is 2. The molecule has 0 aliphatic heterocycles. The summed E-state index contributed by atoms with van der Waals surface area (Å²) in [5.41, 5.74) is 1.36. The first kappa shape index (κ1) is 11.9. The Bertz CT molecular complexity index is 610. The van der Waals surface area contributed by atoms with E-state index in [1.54, 1.807) is 18.6 Å². The third kappa shape index (κ3) is 2.36. The highest BCUT2D eigenvalue weighted by Crippen LogP contribution is 2.48. The maximum atomic E-state index is 14.0. The van der Waals surface area contributed by atoms with Crippen LogP contribution in [0.25, 0.3) is 0 Å². The third-order valence-electron chi connectivity index (χ3n) is 3.50. The lowest BCUT2D eigenvalue weighted by atomic mass is 10.1. The van der Waals surface area contributed by atoms with Crippen LogP contribution in [0.4, 0.5) is 4.39 Å². The number of benzene rings is 1. The molecule has 1 fully saturated rings. The fraction of sp³-hybridized carbons (Fsp3) is 0.286. The molecule has 1 heterocycles. The van der Waals surface area contributed by atoms with Crippen LogP contribution in [0.5, 0.6) is 0 Å². The van der Waals surface area contributed by atoms with Crippen LogP contribution in [0.1, 0.15) is 23.5 Å². The monoisotopic (exact) mass is 260 g/mol. The molecule has 2 unspecified atom stereocenters. The minimum absolute atomic E-state index is 0.167. The summed E-state index contributed by atoms with van der Waals surface area (Å²) in [5, 5.41) is 8.87. The van der Waals surface area contributed by atoms with Gasteiger partial charge in [0.05, 0.1) is 12.2 Å². The summed E-state index contributed by atoms with van der Waals surface area (Å²) in [7, 11) is 0. The minimum atomic E-state index is -0.841. The Morgan fingerprint density at radius 3 is 2.95 bits per heavy atom. The van der Waals surface area contributed by atoms with Crippen LogP contribution in [-0.4, -0.2) is 20.6 Å². The van der Waals surface area contributed by atoms with Crippen LogP contribution in [0.2, 0.25) is 0 Å². The van der Waals surface area contributed by atoms with Gasteiger partial charge in [-0.15, -0.1) is 0 Å². The SMILES string of the molecule is O=C(O)C1CC1c1ccc(Cn2ccnc2)cc1F. The quantitative estimate of drug-likeness (QED) is 0.917. The van der Waals surface area contributed by atoms with Crippen LogP contribution in [-0.2, 0) is 11.3 Å². The van der Waals surface area contributed by atoms with Gasteiger partial charge in [0.25, 0.3) is 0 Å². The van der Waals surface area contributed by atoms with Gasteiger partial charge < -0.3 is 9.67 Å². The predicted octanol–water partition coefficient (Wildman–Crippen LogP) is 2.26. The molecule has 2 aromatic rings. The average molecular weight is 260 g/mol. The topological polar surface area (TPSA) is 55.1 Å². The maximum absolute atomic E-state index is 14.0. The number of aliphatic carboxylic acids is 1. The van der Waals surface area contributed by atoms with Crippen LogP contribution in [0.15, 0.2) is 36.9 Å². The molecule has 2 atom stereocenters. The summed E-state index contributed by atoms with van der Waals surface area (Å²) in [5.74, 6) is -1.74. The number of rotatable bonds is 4. The van der Waals surface area contributed by atoms with E-state index in [9.17, 15) is 9.18 Å². The van der Waals surface area contributed by atoms with Gasteiger partial charge in [-0.1, -0.05) is 12.1 Å². The Balaban J connectivity index is 1.77. The summed E-state index contributed by atoms with van der Waals surface area (Å²) in [6, 6.07) is 5.03. The Kier molecular flexibility index (Phi) is 2.81. The van der Waals surface area contributed by atoms with Crippen molar-refractivity contribution in [3.8, 4) is 0 Å². The second-order valence-electron chi connectivity index (χ2n) is 4.88. The molecule has 1 aliphatic carbocycles. The number of hydrogen-bond donors (Lipinski definition) is 1. The van der Waals surface area contributed by atoms with Gasteiger partial charge in [-0.2, -0.15) is 0 Å². The molecule has 0 saturated heterocycles. The fourth-order valence-electron chi connectivity index (χ4n) is 2.37. The molecule has 19 heavy (non-hydrogen) atoms. The van der Waals surface area contributed by atoms with Crippen molar-refractivity contribution in [1.82, 2.24) is 9.55 Å². The van der Waals surface area contributed by atoms with Crippen molar-refractivity contribution < 1.29 is 14.3 Å². The van der Waals surface area contributed by atoms with Gasteiger partial charge >= 0.3 is 5.97 Å². The highest BCUT2D eigenvalue weighted by molar-refractivity contribution is 5.75.